The number of benzene rings is 2. The molecule has 152 valence electrons. The van der Waals surface area contributed by atoms with Gasteiger partial charge in [0.1, 0.15) is 11.9 Å². The molecule has 0 bridgehead atoms. The van der Waals surface area contributed by atoms with Crippen molar-refractivity contribution < 1.29 is 9.47 Å². The Labute approximate surface area is 176 Å². The number of thiocarbonyl (C=S) groups is 1. The highest BCUT2D eigenvalue weighted by Gasteiger charge is 2.26. The SMILES string of the molecule is S=C(NCCN1CCOCC1)N/N=C1/C[C@@H](c2ccccc2)Oc2ccccc21. The molecule has 2 aliphatic heterocycles. The van der Waals surface area contributed by atoms with Crippen molar-refractivity contribution in [2.45, 2.75) is 12.5 Å². The van der Waals surface area contributed by atoms with Gasteiger partial charge in [-0.15, -0.1) is 0 Å². The van der Waals surface area contributed by atoms with Crippen LogP contribution in [0.1, 0.15) is 23.7 Å². The number of para-hydroxylation sites is 1. The summed E-state index contributed by atoms with van der Waals surface area (Å²) >= 11 is 5.41. The first-order chi connectivity index (χ1) is 14.3. The van der Waals surface area contributed by atoms with Crippen molar-refractivity contribution in [1.29, 1.82) is 0 Å². The van der Waals surface area contributed by atoms with E-state index < -0.39 is 0 Å². The Balaban J connectivity index is 1.38. The Morgan fingerprint density at radius 2 is 1.83 bits per heavy atom. The van der Waals surface area contributed by atoms with Gasteiger partial charge in [0.25, 0.3) is 0 Å². The van der Waals surface area contributed by atoms with Crippen LogP contribution in [-0.4, -0.2) is 55.1 Å². The predicted octanol–water partition coefficient (Wildman–Crippen LogP) is 2.71. The van der Waals surface area contributed by atoms with Crippen molar-refractivity contribution in [3.8, 4) is 5.75 Å². The summed E-state index contributed by atoms with van der Waals surface area (Å²) in [5, 5.41) is 8.38. The van der Waals surface area contributed by atoms with E-state index in [4.69, 9.17) is 21.7 Å². The first-order valence-electron chi connectivity index (χ1n) is 10.0. The van der Waals surface area contributed by atoms with Gasteiger partial charge in [0.05, 0.1) is 18.9 Å². The van der Waals surface area contributed by atoms with Crippen LogP contribution >= 0.6 is 12.2 Å². The number of hydrazone groups is 1. The lowest BCUT2D eigenvalue weighted by molar-refractivity contribution is 0.0389. The molecule has 0 unspecified atom stereocenters. The van der Waals surface area contributed by atoms with Crippen LogP contribution in [0.25, 0.3) is 0 Å². The lowest BCUT2D eigenvalue weighted by Crippen LogP contribution is -2.43. The number of morpholine rings is 1. The van der Waals surface area contributed by atoms with Crippen molar-refractivity contribution in [3.63, 3.8) is 0 Å². The van der Waals surface area contributed by atoms with Gasteiger partial charge in [-0.2, -0.15) is 5.10 Å². The highest BCUT2D eigenvalue weighted by molar-refractivity contribution is 7.80. The lowest BCUT2D eigenvalue weighted by atomic mass is 9.96. The van der Waals surface area contributed by atoms with Crippen LogP contribution in [0.3, 0.4) is 0 Å². The standard InChI is InChI=1S/C22H26N4O2S/c29-22(23-10-11-26-12-14-27-15-13-26)25-24-19-16-21(17-6-2-1-3-7-17)28-20-9-5-4-8-18(19)20/h1-9,21H,10-16H2,(H2,23,25,29)/b24-19-/t21-/m0/s1. The summed E-state index contributed by atoms with van der Waals surface area (Å²) in [5.41, 5.74) is 6.10. The summed E-state index contributed by atoms with van der Waals surface area (Å²) in [6, 6.07) is 18.2. The second kappa shape index (κ2) is 9.82. The molecule has 2 aliphatic rings. The largest absolute Gasteiger partial charge is 0.485 e. The molecule has 0 saturated carbocycles. The van der Waals surface area contributed by atoms with Gasteiger partial charge < -0.3 is 14.8 Å². The molecule has 4 rings (SSSR count). The smallest absolute Gasteiger partial charge is 0.187 e. The minimum atomic E-state index is -0.0606. The lowest BCUT2D eigenvalue weighted by Gasteiger charge is -2.28. The van der Waals surface area contributed by atoms with Crippen molar-refractivity contribution in [3.05, 3.63) is 65.7 Å². The number of ether oxygens (including phenoxy) is 2. The molecule has 2 heterocycles. The van der Waals surface area contributed by atoms with Gasteiger partial charge in [0.2, 0.25) is 0 Å². The van der Waals surface area contributed by atoms with Crippen LogP contribution in [0.4, 0.5) is 0 Å². The van der Waals surface area contributed by atoms with E-state index in [0.717, 1.165) is 62.0 Å². The van der Waals surface area contributed by atoms with E-state index in [1.54, 1.807) is 0 Å². The number of nitrogens with zero attached hydrogens (tertiary/aromatic N) is 2. The minimum Gasteiger partial charge on any atom is -0.485 e. The maximum atomic E-state index is 6.21. The Morgan fingerprint density at radius 3 is 2.66 bits per heavy atom. The molecule has 6 nitrogen and oxygen atoms in total. The van der Waals surface area contributed by atoms with Crippen molar-refractivity contribution in [1.82, 2.24) is 15.6 Å². The Morgan fingerprint density at radius 1 is 1.07 bits per heavy atom. The molecular weight excluding hydrogens is 384 g/mol. The normalized spacial score (nSPS) is 20.6. The number of nitrogens with one attached hydrogen (secondary N) is 2. The highest BCUT2D eigenvalue weighted by Crippen LogP contribution is 2.34. The van der Waals surface area contributed by atoms with Gasteiger partial charge in [-0.1, -0.05) is 42.5 Å². The quantitative estimate of drug-likeness (QED) is 0.584. The van der Waals surface area contributed by atoms with Gasteiger partial charge in [0.15, 0.2) is 5.11 Å². The second-order valence-electron chi connectivity index (χ2n) is 7.10. The maximum Gasteiger partial charge on any atom is 0.187 e. The average Bonchev–Trinajstić information content (AvgIpc) is 2.78. The summed E-state index contributed by atoms with van der Waals surface area (Å²) in [4.78, 5) is 2.37. The fourth-order valence-electron chi connectivity index (χ4n) is 3.56. The third-order valence-corrected chi connectivity index (χ3v) is 5.36. The van der Waals surface area contributed by atoms with Crippen molar-refractivity contribution in [2.75, 3.05) is 39.4 Å². The molecule has 2 aromatic rings. The first kappa shape index (κ1) is 19.8. The minimum absolute atomic E-state index is 0.0606. The zero-order valence-electron chi connectivity index (χ0n) is 16.3. The first-order valence-corrected chi connectivity index (χ1v) is 10.4. The highest BCUT2D eigenvalue weighted by atomic mass is 32.1. The molecule has 1 fully saturated rings. The average molecular weight is 411 g/mol. The molecule has 0 radical (unpaired) electrons. The van der Waals surface area contributed by atoms with Crippen LogP contribution in [0.15, 0.2) is 59.7 Å². The number of rotatable bonds is 5. The van der Waals surface area contributed by atoms with E-state index in [1.807, 2.05) is 42.5 Å². The van der Waals surface area contributed by atoms with E-state index in [2.05, 4.69) is 32.9 Å². The summed E-state index contributed by atoms with van der Waals surface area (Å²) in [7, 11) is 0. The van der Waals surface area contributed by atoms with Crippen LogP contribution in [0.5, 0.6) is 5.75 Å². The Hall–Kier alpha value is -2.48. The molecule has 29 heavy (non-hydrogen) atoms. The molecule has 1 saturated heterocycles. The molecule has 7 heteroatoms. The van der Waals surface area contributed by atoms with Crippen LogP contribution in [0.2, 0.25) is 0 Å². The second-order valence-corrected chi connectivity index (χ2v) is 7.51. The van der Waals surface area contributed by atoms with Crippen LogP contribution in [0, 0.1) is 0 Å². The van der Waals surface area contributed by atoms with Crippen molar-refractivity contribution >= 4 is 23.0 Å². The monoisotopic (exact) mass is 410 g/mol. The van der Waals surface area contributed by atoms with E-state index >= 15 is 0 Å². The number of hydrogen-bond donors (Lipinski definition) is 2. The molecule has 2 N–H and O–H groups in total. The Bertz CT molecular complexity index is 853. The molecule has 0 aliphatic carbocycles. The van der Waals surface area contributed by atoms with Crippen LogP contribution < -0.4 is 15.5 Å². The zero-order valence-corrected chi connectivity index (χ0v) is 17.2. The van der Waals surface area contributed by atoms with Crippen molar-refractivity contribution in [2.24, 2.45) is 5.10 Å². The predicted molar refractivity (Wildman–Crippen MR) is 118 cm³/mol. The third-order valence-electron chi connectivity index (χ3n) is 5.13. The zero-order chi connectivity index (χ0) is 19.9. The van der Waals surface area contributed by atoms with E-state index in [1.165, 1.54) is 0 Å². The summed E-state index contributed by atoms with van der Waals surface area (Å²) in [5.74, 6) is 0.847. The van der Waals surface area contributed by atoms with Gasteiger partial charge in [-0.25, -0.2) is 0 Å². The molecule has 0 aromatic heterocycles. The van der Waals surface area contributed by atoms with E-state index in [-0.39, 0.29) is 6.10 Å². The molecule has 2 aromatic carbocycles. The molecular formula is C22H26N4O2S. The molecule has 1 atom stereocenters. The number of hydrogen-bond acceptors (Lipinski definition) is 5. The maximum absolute atomic E-state index is 6.21. The topological polar surface area (TPSA) is 58.1 Å². The number of fused-ring (bicyclic) bond motifs is 1. The van der Waals surface area contributed by atoms with Gasteiger partial charge in [-0.05, 0) is 29.9 Å². The van der Waals surface area contributed by atoms with Gasteiger partial charge in [0, 0.05) is 38.2 Å². The summed E-state index contributed by atoms with van der Waals surface area (Å²) in [6.45, 7) is 5.28. The van der Waals surface area contributed by atoms with Gasteiger partial charge >= 0.3 is 0 Å². The fourth-order valence-corrected chi connectivity index (χ4v) is 3.71. The molecule has 0 spiro atoms. The van der Waals surface area contributed by atoms with Gasteiger partial charge in [-0.3, -0.25) is 10.3 Å². The fraction of sp³-hybridized carbons (Fsp3) is 0.364. The third kappa shape index (κ3) is 5.32. The summed E-state index contributed by atoms with van der Waals surface area (Å²) in [6.07, 6.45) is 0.624. The van der Waals surface area contributed by atoms with E-state index in [0.29, 0.717) is 11.5 Å². The van der Waals surface area contributed by atoms with Crippen LogP contribution in [-0.2, 0) is 4.74 Å². The molecule has 0 amide bonds. The van der Waals surface area contributed by atoms with E-state index in [9.17, 15) is 0 Å². The Kier molecular flexibility index (Phi) is 6.71. The summed E-state index contributed by atoms with van der Waals surface area (Å²) < 4.78 is 11.6.